The third-order valence-electron chi connectivity index (χ3n) is 7.53. The highest BCUT2D eigenvalue weighted by molar-refractivity contribution is 7.07. The molecule has 0 spiro atoms. The molecule has 228 valence electrons. The molecule has 0 N–H and O–H groups in total. The van der Waals surface area contributed by atoms with Crippen molar-refractivity contribution in [1.29, 1.82) is 0 Å². The molecule has 5 rings (SSSR count). The lowest BCUT2D eigenvalue weighted by molar-refractivity contribution is -0.139. The maximum Gasteiger partial charge on any atom is 0.338 e. The lowest BCUT2D eigenvalue weighted by atomic mass is 9.94. The van der Waals surface area contributed by atoms with Gasteiger partial charge in [-0.3, -0.25) is 9.36 Å². The molecule has 1 atom stereocenters. The largest absolute Gasteiger partial charge is 0.497 e. The summed E-state index contributed by atoms with van der Waals surface area (Å²) in [4.78, 5) is 44.8. The number of aryl methyl sites for hydroxylation is 1. The van der Waals surface area contributed by atoms with Crippen LogP contribution in [0.15, 0.2) is 69.6 Å². The number of carbonyl (C=O) groups is 2. The van der Waals surface area contributed by atoms with Crippen molar-refractivity contribution in [2.75, 3.05) is 27.9 Å². The van der Waals surface area contributed by atoms with Crippen LogP contribution >= 0.6 is 11.3 Å². The molecule has 11 heteroatoms. The molecular weight excluding hydrogens is 582 g/mol. The molecule has 1 aliphatic rings. The van der Waals surface area contributed by atoms with Gasteiger partial charge in [-0.2, -0.15) is 0 Å². The second-order valence-corrected chi connectivity index (χ2v) is 11.1. The number of fused-ring (bicyclic) bond motifs is 1. The first-order valence-electron chi connectivity index (χ1n) is 13.9. The fourth-order valence-corrected chi connectivity index (χ4v) is 6.54. The number of rotatable bonds is 8. The van der Waals surface area contributed by atoms with Crippen molar-refractivity contribution in [3.05, 3.63) is 108 Å². The van der Waals surface area contributed by atoms with E-state index >= 15 is 0 Å². The molecule has 0 aliphatic carbocycles. The predicted molar refractivity (Wildman–Crippen MR) is 167 cm³/mol. The lowest BCUT2D eigenvalue weighted by Gasteiger charge is -2.26. The average molecular weight is 616 g/mol. The van der Waals surface area contributed by atoms with Gasteiger partial charge < -0.3 is 23.5 Å². The Morgan fingerprint density at radius 2 is 1.77 bits per heavy atom. The summed E-state index contributed by atoms with van der Waals surface area (Å²) >= 11 is 1.24. The van der Waals surface area contributed by atoms with Crippen molar-refractivity contribution in [2.24, 2.45) is 4.99 Å². The zero-order valence-corrected chi connectivity index (χ0v) is 26.4. The quantitative estimate of drug-likeness (QED) is 0.276. The van der Waals surface area contributed by atoms with Gasteiger partial charge in [-0.25, -0.2) is 14.6 Å². The number of thiazole rings is 1. The highest BCUT2D eigenvalue weighted by atomic mass is 32.1. The van der Waals surface area contributed by atoms with E-state index in [1.54, 1.807) is 57.4 Å². The maximum absolute atomic E-state index is 14.2. The Morgan fingerprint density at radius 3 is 2.45 bits per heavy atom. The van der Waals surface area contributed by atoms with Crippen LogP contribution in [-0.2, 0) is 14.3 Å². The monoisotopic (exact) mass is 615 g/mol. The first-order chi connectivity index (χ1) is 21.1. The minimum Gasteiger partial charge on any atom is -0.497 e. The van der Waals surface area contributed by atoms with E-state index in [4.69, 9.17) is 18.9 Å². The van der Waals surface area contributed by atoms with E-state index in [9.17, 15) is 14.4 Å². The molecule has 1 aliphatic heterocycles. The second-order valence-electron chi connectivity index (χ2n) is 10.1. The Labute approximate surface area is 258 Å². The van der Waals surface area contributed by atoms with Gasteiger partial charge in [-0.1, -0.05) is 17.4 Å². The van der Waals surface area contributed by atoms with Crippen molar-refractivity contribution in [1.82, 2.24) is 9.13 Å². The van der Waals surface area contributed by atoms with Crippen LogP contribution in [0.1, 0.15) is 52.8 Å². The molecule has 4 aromatic rings. The van der Waals surface area contributed by atoms with Gasteiger partial charge in [0.15, 0.2) is 4.80 Å². The number of methoxy groups -OCH3 is 3. The zero-order chi connectivity index (χ0) is 31.7. The molecule has 2 aromatic heterocycles. The third kappa shape index (κ3) is 5.35. The van der Waals surface area contributed by atoms with E-state index in [0.717, 1.165) is 22.6 Å². The predicted octanol–water partition coefficient (Wildman–Crippen LogP) is 4.01. The Kier molecular flexibility index (Phi) is 8.59. The topological polar surface area (TPSA) is 110 Å². The van der Waals surface area contributed by atoms with Gasteiger partial charge in [-0.15, -0.1) is 0 Å². The van der Waals surface area contributed by atoms with Crippen molar-refractivity contribution < 1.29 is 28.5 Å². The Balaban J connectivity index is 1.71. The molecular formula is C33H33N3O7S. The van der Waals surface area contributed by atoms with Gasteiger partial charge in [0, 0.05) is 22.6 Å². The highest BCUT2D eigenvalue weighted by Crippen LogP contribution is 2.38. The number of esters is 2. The van der Waals surface area contributed by atoms with Crippen molar-refractivity contribution >= 4 is 29.4 Å². The van der Waals surface area contributed by atoms with Crippen molar-refractivity contribution in [2.45, 2.75) is 33.7 Å². The Hall–Kier alpha value is -4.90. The van der Waals surface area contributed by atoms with E-state index in [1.807, 2.05) is 36.6 Å². The molecule has 0 amide bonds. The van der Waals surface area contributed by atoms with E-state index in [0.29, 0.717) is 37.7 Å². The minimum atomic E-state index is -0.856. The highest BCUT2D eigenvalue weighted by Gasteiger charge is 2.35. The molecule has 44 heavy (non-hydrogen) atoms. The van der Waals surface area contributed by atoms with Gasteiger partial charge >= 0.3 is 11.9 Å². The third-order valence-corrected chi connectivity index (χ3v) is 8.51. The summed E-state index contributed by atoms with van der Waals surface area (Å²) in [6.07, 6.45) is 1.83. The number of carbonyl (C=O) groups excluding carboxylic acids is 2. The van der Waals surface area contributed by atoms with Crippen LogP contribution in [0.4, 0.5) is 0 Å². The van der Waals surface area contributed by atoms with Crippen LogP contribution in [0, 0.1) is 13.8 Å². The molecule has 0 radical (unpaired) electrons. The van der Waals surface area contributed by atoms with Crippen molar-refractivity contribution in [3.63, 3.8) is 0 Å². The van der Waals surface area contributed by atoms with Gasteiger partial charge in [0.2, 0.25) is 0 Å². The van der Waals surface area contributed by atoms with E-state index in [2.05, 4.69) is 4.99 Å². The molecule has 0 bridgehead atoms. The summed E-state index contributed by atoms with van der Waals surface area (Å²) in [5.74, 6) is 0.0510. The molecule has 0 saturated heterocycles. The number of ether oxygens (including phenoxy) is 4. The van der Waals surface area contributed by atoms with Crippen LogP contribution in [0.5, 0.6) is 11.5 Å². The molecule has 3 heterocycles. The van der Waals surface area contributed by atoms with Gasteiger partial charge in [0.1, 0.15) is 17.5 Å². The lowest BCUT2D eigenvalue weighted by Crippen LogP contribution is -2.40. The van der Waals surface area contributed by atoms with E-state index in [-0.39, 0.29) is 17.7 Å². The van der Waals surface area contributed by atoms with Crippen molar-refractivity contribution in [3.8, 4) is 17.2 Å². The van der Waals surface area contributed by atoms with Crippen LogP contribution < -0.4 is 24.4 Å². The molecule has 2 aromatic carbocycles. The maximum atomic E-state index is 14.2. The van der Waals surface area contributed by atoms with Gasteiger partial charge in [0.05, 0.1) is 49.3 Å². The summed E-state index contributed by atoms with van der Waals surface area (Å²) in [7, 11) is 4.43. The number of allylic oxidation sites excluding steroid dienone is 1. The van der Waals surface area contributed by atoms with Crippen LogP contribution in [-0.4, -0.2) is 49.0 Å². The summed E-state index contributed by atoms with van der Waals surface area (Å²) < 4.78 is 25.4. The average Bonchev–Trinajstić information content (AvgIpc) is 3.48. The fourth-order valence-electron chi connectivity index (χ4n) is 5.50. The van der Waals surface area contributed by atoms with Gasteiger partial charge in [0.25, 0.3) is 5.56 Å². The number of hydrogen-bond donors (Lipinski definition) is 0. The summed E-state index contributed by atoms with van der Waals surface area (Å²) in [6, 6.07) is 13.6. The number of nitrogens with zero attached hydrogens (tertiary/aromatic N) is 3. The number of aromatic nitrogens is 2. The summed E-state index contributed by atoms with van der Waals surface area (Å²) in [5.41, 5.74) is 4.82. The number of benzene rings is 2. The van der Waals surface area contributed by atoms with Gasteiger partial charge in [-0.05, 0) is 81.8 Å². The second kappa shape index (κ2) is 12.4. The Morgan fingerprint density at radius 1 is 1.00 bits per heavy atom. The van der Waals surface area contributed by atoms with E-state index < -0.39 is 18.0 Å². The summed E-state index contributed by atoms with van der Waals surface area (Å²) in [5, 5.41) is 0. The van der Waals surface area contributed by atoms with Crippen LogP contribution in [0.25, 0.3) is 11.8 Å². The Bertz CT molecular complexity index is 2000. The fraction of sp³-hybridized carbons (Fsp3) is 0.273. The van der Waals surface area contributed by atoms with Crippen LogP contribution in [0.3, 0.4) is 0 Å². The molecule has 0 fully saturated rings. The standard InChI is InChI=1S/C33H33N3O7S/c1-8-43-32(39)28-19(3)34-33-36(29(28)25-17-24(40-5)12-13-26(25)41-6)30(37)27(44-33)16-22-14-18(2)35(20(22)4)23-11-9-10-21(15-23)31(38)42-7/h9-17,29H,8H2,1-7H3/b27-16+/t29-/m1/s1. The zero-order valence-electron chi connectivity index (χ0n) is 25.6. The minimum absolute atomic E-state index is 0.167. The first-order valence-corrected chi connectivity index (χ1v) is 14.7. The summed E-state index contributed by atoms with van der Waals surface area (Å²) in [6.45, 7) is 7.54. The molecule has 0 saturated carbocycles. The molecule has 10 nitrogen and oxygen atoms in total. The first kappa shape index (κ1) is 30.6. The smallest absolute Gasteiger partial charge is 0.338 e. The SMILES string of the molecule is CCOC(=O)C1=C(C)N=c2s/c(=C/c3cc(C)n(-c4cccc(C(=O)OC)c4)c3C)c(=O)n2[C@@H]1c1cc(OC)ccc1OC. The molecule has 0 unspecified atom stereocenters. The van der Waals surface area contributed by atoms with Crippen LogP contribution in [0.2, 0.25) is 0 Å². The normalized spacial score (nSPS) is 14.6. The van der Waals surface area contributed by atoms with E-state index in [1.165, 1.54) is 30.1 Å². The number of hydrogen-bond acceptors (Lipinski definition) is 9.